The van der Waals surface area contributed by atoms with Gasteiger partial charge in [0.25, 0.3) is 0 Å². The highest BCUT2D eigenvalue weighted by Gasteiger charge is 2.48. The van der Waals surface area contributed by atoms with Gasteiger partial charge in [0, 0.05) is 28.9 Å². The molecule has 2 aromatic heterocycles. The van der Waals surface area contributed by atoms with Crippen LogP contribution in [0, 0.1) is 29.5 Å². The number of hydrogen-bond donors (Lipinski definition) is 1. The fourth-order valence-corrected chi connectivity index (χ4v) is 7.15. The number of rotatable bonds is 4. The number of nitrogens with one attached hydrogen (secondary N) is 1. The van der Waals surface area contributed by atoms with Crippen LogP contribution in [0.3, 0.4) is 0 Å². The Morgan fingerprint density at radius 1 is 1.10 bits per heavy atom. The molecule has 29 heavy (non-hydrogen) atoms. The molecule has 4 aliphatic carbocycles. The number of imidazole rings is 1. The molecule has 4 bridgehead atoms. The Morgan fingerprint density at radius 2 is 1.79 bits per heavy atom. The van der Waals surface area contributed by atoms with E-state index in [1.54, 1.807) is 23.5 Å². The van der Waals surface area contributed by atoms with Crippen molar-refractivity contribution in [1.29, 1.82) is 0 Å². The van der Waals surface area contributed by atoms with E-state index in [0.717, 1.165) is 33.7 Å². The highest BCUT2D eigenvalue weighted by atomic mass is 32.1. The minimum absolute atomic E-state index is 0.124. The molecule has 0 spiro atoms. The molecule has 1 aromatic carbocycles. The van der Waals surface area contributed by atoms with Gasteiger partial charge in [-0.15, -0.1) is 11.3 Å². The van der Waals surface area contributed by atoms with Gasteiger partial charge in [0.15, 0.2) is 4.96 Å². The minimum Gasteiger partial charge on any atom is -0.352 e. The Balaban J connectivity index is 1.19. The highest BCUT2D eigenvalue weighted by Crippen LogP contribution is 2.53. The molecule has 7 rings (SSSR count). The number of hydrogen-bond acceptors (Lipinski definition) is 3. The van der Waals surface area contributed by atoms with Crippen molar-refractivity contribution in [2.75, 3.05) is 0 Å². The third-order valence-corrected chi connectivity index (χ3v) is 8.21. The van der Waals surface area contributed by atoms with Crippen LogP contribution < -0.4 is 5.32 Å². The van der Waals surface area contributed by atoms with Crippen LogP contribution in [0.15, 0.2) is 35.8 Å². The number of amides is 1. The average molecular weight is 410 g/mol. The Labute approximate surface area is 173 Å². The van der Waals surface area contributed by atoms with E-state index in [4.69, 9.17) is 0 Å². The Bertz CT molecular complexity index is 1040. The van der Waals surface area contributed by atoms with E-state index in [0.29, 0.717) is 24.3 Å². The van der Waals surface area contributed by atoms with Gasteiger partial charge in [-0.1, -0.05) is 0 Å². The summed E-state index contributed by atoms with van der Waals surface area (Å²) in [5.74, 6) is 3.08. The van der Waals surface area contributed by atoms with E-state index in [9.17, 15) is 9.18 Å². The summed E-state index contributed by atoms with van der Waals surface area (Å²) in [7, 11) is 0. The lowest BCUT2D eigenvalue weighted by Gasteiger charge is -2.54. The summed E-state index contributed by atoms with van der Waals surface area (Å²) in [5.41, 5.74) is 2.65. The summed E-state index contributed by atoms with van der Waals surface area (Å²) in [5, 5.41) is 5.42. The van der Waals surface area contributed by atoms with Crippen molar-refractivity contribution in [3.8, 4) is 11.3 Å². The van der Waals surface area contributed by atoms with Crippen LogP contribution in [-0.4, -0.2) is 21.3 Å². The summed E-state index contributed by atoms with van der Waals surface area (Å²) in [4.78, 5) is 18.4. The molecule has 0 radical (unpaired) electrons. The van der Waals surface area contributed by atoms with Crippen LogP contribution in [0.5, 0.6) is 0 Å². The van der Waals surface area contributed by atoms with E-state index < -0.39 is 0 Å². The number of thiazole rings is 1. The van der Waals surface area contributed by atoms with E-state index in [1.807, 2.05) is 16.0 Å². The molecule has 4 nitrogen and oxygen atoms in total. The summed E-state index contributed by atoms with van der Waals surface area (Å²) >= 11 is 1.54. The average Bonchev–Trinajstić information content (AvgIpc) is 3.27. The Kier molecular flexibility index (Phi) is 4.05. The largest absolute Gasteiger partial charge is 0.352 e. The predicted octanol–water partition coefficient (Wildman–Crippen LogP) is 4.69. The van der Waals surface area contributed by atoms with E-state index >= 15 is 0 Å². The number of halogens is 1. The summed E-state index contributed by atoms with van der Waals surface area (Å²) in [6.45, 7) is 0. The smallest absolute Gasteiger partial charge is 0.226 e. The number of nitrogens with zero attached hydrogens (tertiary/aromatic N) is 2. The first-order chi connectivity index (χ1) is 14.1. The second-order valence-electron chi connectivity index (χ2n) is 9.21. The standard InChI is InChI=1S/C23H24FN3OS/c24-18-3-1-15(2-4-18)20-11-27-19(12-29-23(27)25-20)10-21(28)26-22-16-6-13-5-14(8-16)9-17(22)7-13/h1-4,11-14,16-17,22H,5-10H2,(H,26,28). The number of benzene rings is 1. The Morgan fingerprint density at radius 3 is 2.48 bits per heavy atom. The third kappa shape index (κ3) is 3.08. The van der Waals surface area contributed by atoms with Gasteiger partial charge < -0.3 is 5.32 Å². The van der Waals surface area contributed by atoms with Crippen molar-refractivity contribution in [3.05, 3.63) is 47.4 Å². The van der Waals surface area contributed by atoms with Gasteiger partial charge in [0.05, 0.1) is 12.1 Å². The summed E-state index contributed by atoms with van der Waals surface area (Å²) in [6.07, 6.45) is 8.99. The van der Waals surface area contributed by atoms with Gasteiger partial charge in [-0.05, 0) is 80.0 Å². The normalized spacial score (nSPS) is 30.2. The zero-order valence-electron chi connectivity index (χ0n) is 16.2. The van der Waals surface area contributed by atoms with Crippen LogP contribution in [-0.2, 0) is 11.2 Å². The fraction of sp³-hybridized carbons (Fsp3) is 0.478. The first-order valence-corrected chi connectivity index (χ1v) is 11.5. The van der Waals surface area contributed by atoms with Crippen molar-refractivity contribution < 1.29 is 9.18 Å². The van der Waals surface area contributed by atoms with Gasteiger partial charge in [0.2, 0.25) is 5.91 Å². The molecular formula is C23H24FN3OS. The molecule has 4 fully saturated rings. The van der Waals surface area contributed by atoms with Gasteiger partial charge in [-0.2, -0.15) is 0 Å². The second kappa shape index (κ2) is 6.66. The molecule has 1 N–H and O–H groups in total. The SMILES string of the molecule is O=C(Cc1csc2nc(-c3ccc(F)cc3)cn12)NC1C2CC3CC(C2)CC1C3. The highest BCUT2D eigenvalue weighted by molar-refractivity contribution is 7.15. The summed E-state index contributed by atoms with van der Waals surface area (Å²) in [6, 6.07) is 6.74. The lowest BCUT2D eigenvalue weighted by atomic mass is 9.54. The lowest BCUT2D eigenvalue weighted by molar-refractivity contribution is -0.124. The van der Waals surface area contributed by atoms with Crippen molar-refractivity contribution in [3.63, 3.8) is 0 Å². The molecule has 1 amide bonds. The van der Waals surface area contributed by atoms with E-state index in [-0.39, 0.29) is 11.7 Å². The van der Waals surface area contributed by atoms with E-state index in [1.165, 1.54) is 44.2 Å². The van der Waals surface area contributed by atoms with E-state index in [2.05, 4.69) is 10.3 Å². The summed E-state index contributed by atoms with van der Waals surface area (Å²) < 4.78 is 15.2. The maximum atomic E-state index is 13.2. The van der Waals surface area contributed by atoms with Gasteiger partial charge >= 0.3 is 0 Å². The lowest BCUT2D eigenvalue weighted by Crippen LogP contribution is -2.56. The first kappa shape index (κ1) is 17.6. The topological polar surface area (TPSA) is 46.4 Å². The molecule has 3 aromatic rings. The number of carbonyl (C=O) groups is 1. The molecule has 0 aliphatic heterocycles. The molecule has 0 saturated heterocycles. The van der Waals surface area contributed by atoms with Crippen molar-refractivity contribution in [1.82, 2.24) is 14.7 Å². The monoisotopic (exact) mass is 409 g/mol. The molecule has 0 atom stereocenters. The van der Waals surface area contributed by atoms with Crippen LogP contribution in [0.2, 0.25) is 0 Å². The van der Waals surface area contributed by atoms with Crippen molar-refractivity contribution >= 4 is 22.2 Å². The maximum Gasteiger partial charge on any atom is 0.226 e. The molecule has 150 valence electrons. The molecule has 2 heterocycles. The molecule has 6 heteroatoms. The molecule has 0 unspecified atom stereocenters. The Hall–Kier alpha value is -2.21. The molecule has 4 saturated carbocycles. The van der Waals surface area contributed by atoms with Gasteiger partial charge in [-0.25, -0.2) is 9.37 Å². The number of aromatic nitrogens is 2. The van der Waals surface area contributed by atoms with Crippen LogP contribution in [0.4, 0.5) is 4.39 Å². The maximum absolute atomic E-state index is 13.2. The fourth-order valence-electron chi connectivity index (χ4n) is 6.28. The zero-order chi connectivity index (χ0) is 19.5. The minimum atomic E-state index is -0.253. The third-order valence-electron chi connectivity index (χ3n) is 7.32. The number of carbonyl (C=O) groups excluding carboxylic acids is 1. The first-order valence-electron chi connectivity index (χ1n) is 10.6. The van der Waals surface area contributed by atoms with Gasteiger partial charge in [0.1, 0.15) is 5.82 Å². The predicted molar refractivity (Wildman–Crippen MR) is 111 cm³/mol. The van der Waals surface area contributed by atoms with Crippen molar-refractivity contribution in [2.45, 2.75) is 44.6 Å². The van der Waals surface area contributed by atoms with Gasteiger partial charge in [-0.3, -0.25) is 9.20 Å². The van der Waals surface area contributed by atoms with Crippen LogP contribution in [0.1, 0.15) is 37.8 Å². The quantitative estimate of drug-likeness (QED) is 0.680. The second-order valence-corrected chi connectivity index (χ2v) is 10.1. The van der Waals surface area contributed by atoms with Crippen LogP contribution >= 0.6 is 11.3 Å². The molecular weight excluding hydrogens is 385 g/mol. The molecule has 4 aliphatic rings. The number of fused-ring (bicyclic) bond motifs is 1. The zero-order valence-corrected chi connectivity index (χ0v) is 17.0. The van der Waals surface area contributed by atoms with Crippen molar-refractivity contribution in [2.24, 2.45) is 23.7 Å². The van der Waals surface area contributed by atoms with Crippen LogP contribution in [0.25, 0.3) is 16.2 Å².